The number of hydrogen-bond donors (Lipinski definition) is 0. The molecular weight excluding hydrogens is 510 g/mol. The van der Waals surface area contributed by atoms with Gasteiger partial charge >= 0.3 is 17.9 Å². The van der Waals surface area contributed by atoms with Crippen molar-refractivity contribution in [2.24, 2.45) is 17.3 Å². The summed E-state index contributed by atoms with van der Waals surface area (Å²) in [5.74, 6) is -1.13. The van der Waals surface area contributed by atoms with Gasteiger partial charge in [0.05, 0.1) is 25.9 Å². The molecule has 9 atom stereocenters. The van der Waals surface area contributed by atoms with E-state index in [1.165, 1.54) is 0 Å². The first-order chi connectivity index (χ1) is 18.7. The molecule has 0 aromatic carbocycles. The van der Waals surface area contributed by atoms with Crippen molar-refractivity contribution in [3.63, 3.8) is 0 Å². The Hall–Kier alpha value is -2.05. The topological polar surface area (TPSA) is 129 Å². The van der Waals surface area contributed by atoms with Gasteiger partial charge < -0.3 is 33.2 Å². The fraction of sp³-hybridized carbons (Fsp3) is 0.821. The van der Waals surface area contributed by atoms with Gasteiger partial charge in [-0.05, 0) is 36.7 Å². The Kier molecular flexibility index (Phi) is 4.96. The van der Waals surface area contributed by atoms with Crippen LogP contribution in [0.1, 0.15) is 40.0 Å². The van der Waals surface area contributed by atoms with E-state index in [0.29, 0.717) is 45.8 Å². The first-order valence-corrected chi connectivity index (χ1v) is 14.3. The molecule has 212 valence electrons. The van der Waals surface area contributed by atoms with Crippen molar-refractivity contribution < 1.29 is 47.5 Å². The number of carbonyl (C=O) groups is 3. The van der Waals surface area contributed by atoms with Crippen LogP contribution in [0.4, 0.5) is 0 Å². The van der Waals surface area contributed by atoms with Crippen LogP contribution < -0.4 is 0 Å². The van der Waals surface area contributed by atoms with Gasteiger partial charge in [-0.15, -0.1) is 0 Å². The minimum absolute atomic E-state index is 0.0534. The van der Waals surface area contributed by atoms with Crippen molar-refractivity contribution in [1.29, 1.82) is 0 Å². The van der Waals surface area contributed by atoms with Crippen LogP contribution in [0.3, 0.4) is 0 Å². The summed E-state index contributed by atoms with van der Waals surface area (Å²) in [6, 6.07) is 0. The van der Waals surface area contributed by atoms with Gasteiger partial charge in [0.1, 0.15) is 30.0 Å². The highest BCUT2D eigenvalue weighted by Gasteiger charge is 3.01. The van der Waals surface area contributed by atoms with Gasteiger partial charge in [-0.1, -0.05) is 20.8 Å². The molecule has 0 aromatic rings. The zero-order chi connectivity index (χ0) is 26.9. The average molecular weight is 546 g/mol. The maximum Gasteiger partial charge on any atom is 0.344 e. The smallest absolute Gasteiger partial charge is 0.344 e. The summed E-state index contributed by atoms with van der Waals surface area (Å²) in [6.45, 7) is 8.81. The van der Waals surface area contributed by atoms with Crippen LogP contribution in [0, 0.1) is 17.3 Å². The fourth-order valence-electron chi connectivity index (χ4n) is 9.13. The first-order valence-electron chi connectivity index (χ1n) is 14.3. The van der Waals surface area contributed by atoms with Gasteiger partial charge in [0.2, 0.25) is 0 Å². The Morgan fingerprint density at radius 2 is 1.90 bits per heavy atom. The van der Waals surface area contributed by atoms with Crippen molar-refractivity contribution in [3.05, 3.63) is 11.1 Å². The molecule has 8 aliphatic rings. The predicted molar refractivity (Wildman–Crippen MR) is 129 cm³/mol. The fourth-order valence-corrected chi connectivity index (χ4v) is 9.13. The monoisotopic (exact) mass is 545 g/mol. The van der Waals surface area contributed by atoms with Gasteiger partial charge in [0.25, 0.3) is 0 Å². The molecule has 0 bridgehead atoms. The third kappa shape index (κ3) is 2.93. The highest BCUT2D eigenvalue weighted by Crippen LogP contribution is 2.83. The summed E-state index contributed by atoms with van der Waals surface area (Å²) in [6.07, 6.45) is 0.891. The number of fused-ring (bicyclic) bond motifs is 4. The lowest BCUT2D eigenvalue weighted by Gasteiger charge is -2.53. The second kappa shape index (κ2) is 7.82. The Morgan fingerprint density at radius 1 is 1.10 bits per heavy atom. The Morgan fingerprint density at radius 3 is 2.67 bits per heavy atom. The minimum Gasteiger partial charge on any atom is -0.458 e. The SMILES string of the molecule is CC(C)[C@]12O[C@H]1[C@@H]1O[C@]13[C@]1(O[C@H]1C[C@H]1C4=C(CC[C@@]13C)C(=O)OC4)[C@@H]2OC(=O)COC(=O)CN1CCOCC1. The Bertz CT molecular complexity index is 1190. The number of epoxide rings is 3. The standard InChI is InChI=1S/C28H35NO10/c1-14(2)26-21(38-26)22-28(39-22)25(3)5-4-15-16(12-35-23(15)32)17(25)10-18-27(28,37-18)24(26)36-20(31)13-34-19(30)11-29-6-8-33-9-7-29/h14,17-18,21-22,24H,4-13H2,1-3H3/t17-,18-,21-,22-,24+,25-,26-,27+,28+/m0/s1. The van der Waals surface area contributed by atoms with Crippen LogP contribution in [0.25, 0.3) is 0 Å². The third-order valence-corrected chi connectivity index (χ3v) is 11.1. The maximum absolute atomic E-state index is 13.2. The lowest BCUT2D eigenvalue weighted by atomic mass is 9.46. The summed E-state index contributed by atoms with van der Waals surface area (Å²) in [5, 5.41) is 0. The third-order valence-electron chi connectivity index (χ3n) is 11.1. The highest BCUT2D eigenvalue weighted by molar-refractivity contribution is 5.92. The van der Waals surface area contributed by atoms with E-state index in [1.54, 1.807) is 0 Å². The van der Waals surface area contributed by atoms with Crippen molar-refractivity contribution in [2.45, 2.75) is 81.3 Å². The molecule has 0 radical (unpaired) electrons. The summed E-state index contributed by atoms with van der Waals surface area (Å²) >= 11 is 0. The zero-order valence-electron chi connectivity index (χ0n) is 22.6. The van der Waals surface area contributed by atoms with Crippen LogP contribution in [0.2, 0.25) is 0 Å². The van der Waals surface area contributed by atoms with Crippen LogP contribution in [0.5, 0.6) is 0 Å². The van der Waals surface area contributed by atoms with E-state index in [9.17, 15) is 14.4 Å². The Balaban J connectivity index is 1.05. The number of morpholine rings is 1. The summed E-state index contributed by atoms with van der Waals surface area (Å²) in [5.41, 5.74) is -0.621. The van der Waals surface area contributed by atoms with Gasteiger partial charge in [-0.2, -0.15) is 0 Å². The normalized spacial score (nSPS) is 48.5. The van der Waals surface area contributed by atoms with Gasteiger partial charge in [-0.25, -0.2) is 9.59 Å². The van der Waals surface area contributed by atoms with Gasteiger partial charge in [0, 0.05) is 24.1 Å². The number of hydrogen-bond acceptors (Lipinski definition) is 11. The second-order valence-electron chi connectivity index (χ2n) is 12.9. The molecule has 0 N–H and O–H groups in total. The summed E-state index contributed by atoms with van der Waals surface area (Å²) < 4.78 is 42.0. The van der Waals surface area contributed by atoms with Crippen LogP contribution in [-0.4, -0.2) is 110 Å². The first kappa shape index (κ1) is 24.7. The lowest BCUT2D eigenvalue weighted by molar-refractivity contribution is -0.177. The van der Waals surface area contributed by atoms with E-state index in [-0.39, 0.29) is 48.1 Å². The largest absolute Gasteiger partial charge is 0.458 e. The van der Waals surface area contributed by atoms with Gasteiger partial charge in [0.15, 0.2) is 18.3 Å². The van der Waals surface area contributed by atoms with E-state index in [2.05, 4.69) is 20.8 Å². The molecule has 11 nitrogen and oxygen atoms in total. The quantitative estimate of drug-likeness (QED) is 0.263. The van der Waals surface area contributed by atoms with Gasteiger partial charge in [-0.3, -0.25) is 9.69 Å². The zero-order valence-corrected chi connectivity index (χ0v) is 22.6. The predicted octanol–water partition coefficient (Wildman–Crippen LogP) is 0.529. The highest BCUT2D eigenvalue weighted by atomic mass is 16.8. The number of rotatable bonds is 6. The van der Waals surface area contributed by atoms with Crippen molar-refractivity contribution >= 4 is 17.9 Å². The van der Waals surface area contributed by atoms with E-state index in [1.807, 2.05) is 4.90 Å². The average Bonchev–Trinajstić information content (AvgIpc) is 3.82. The van der Waals surface area contributed by atoms with E-state index in [4.69, 9.17) is 33.2 Å². The number of cyclic esters (lactones) is 1. The minimum atomic E-state index is -0.824. The van der Waals surface area contributed by atoms with Crippen molar-refractivity contribution in [1.82, 2.24) is 4.90 Å². The number of ether oxygens (including phenoxy) is 7. The summed E-state index contributed by atoms with van der Waals surface area (Å²) in [7, 11) is 0. The molecule has 11 heteroatoms. The summed E-state index contributed by atoms with van der Waals surface area (Å²) in [4.78, 5) is 39.9. The molecule has 6 fully saturated rings. The molecule has 0 unspecified atom stereocenters. The van der Waals surface area contributed by atoms with Crippen LogP contribution in [-0.2, 0) is 47.5 Å². The van der Waals surface area contributed by atoms with E-state index < -0.39 is 41.5 Å². The Labute approximate surface area is 226 Å². The number of carbonyl (C=O) groups excluding carboxylic acids is 3. The van der Waals surface area contributed by atoms with Crippen molar-refractivity contribution in [3.8, 4) is 0 Å². The molecule has 4 saturated heterocycles. The molecular formula is C28H35NO10. The molecule has 39 heavy (non-hydrogen) atoms. The molecule has 2 saturated carbocycles. The molecule has 8 rings (SSSR count). The molecule has 2 spiro atoms. The molecule has 5 heterocycles. The molecule has 0 amide bonds. The maximum atomic E-state index is 13.2. The molecule has 3 aliphatic carbocycles. The number of esters is 3. The van der Waals surface area contributed by atoms with Crippen LogP contribution in [0.15, 0.2) is 11.1 Å². The molecule has 0 aromatic heterocycles. The number of nitrogens with zero attached hydrogens (tertiary/aromatic N) is 1. The van der Waals surface area contributed by atoms with Crippen molar-refractivity contribution in [2.75, 3.05) is 46.1 Å². The van der Waals surface area contributed by atoms with E-state index in [0.717, 1.165) is 17.6 Å². The lowest BCUT2D eigenvalue weighted by Crippen LogP contribution is -2.70. The second-order valence-corrected chi connectivity index (χ2v) is 12.9. The van der Waals surface area contributed by atoms with E-state index >= 15 is 0 Å². The molecule has 5 aliphatic heterocycles. The van der Waals surface area contributed by atoms with Crippen LogP contribution >= 0.6 is 0 Å².